The standard InChI is InChI=1S/C16H19NO/c1-12-10-13(2)16(17-11-12)15(18)9-8-14-6-4-3-5-7-14/h3-7,10-11,15,18H,8-9H2,1-2H3. The molecule has 1 atom stereocenters. The fourth-order valence-corrected chi connectivity index (χ4v) is 2.16. The van der Waals surface area contributed by atoms with Crippen molar-refractivity contribution in [2.75, 3.05) is 0 Å². The van der Waals surface area contributed by atoms with E-state index in [0.717, 1.165) is 23.2 Å². The van der Waals surface area contributed by atoms with E-state index in [1.807, 2.05) is 38.2 Å². The quantitative estimate of drug-likeness (QED) is 0.890. The van der Waals surface area contributed by atoms with Crippen LogP contribution in [0.2, 0.25) is 0 Å². The molecule has 0 radical (unpaired) electrons. The molecule has 2 heteroatoms. The second-order valence-electron chi connectivity index (χ2n) is 4.75. The van der Waals surface area contributed by atoms with Gasteiger partial charge in [0.05, 0.1) is 11.8 Å². The average molecular weight is 241 g/mol. The lowest BCUT2D eigenvalue weighted by atomic mass is 10.0. The van der Waals surface area contributed by atoms with Crippen LogP contribution < -0.4 is 0 Å². The van der Waals surface area contributed by atoms with E-state index < -0.39 is 6.10 Å². The largest absolute Gasteiger partial charge is 0.387 e. The van der Waals surface area contributed by atoms with E-state index in [2.05, 4.69) is 23.2 Å². The van der Waals surface area contributed by atoms with Gasteiger partial charge in [0.1, 0.15) is 0 Å². The first-order chi connectivity index (χ1) is 8.66. The van der Waals surface area contributed by atoms with Crippen LogP contribution >= 0.6 is 0 Å². The zero-order valence-electron chi connectivity index (χ0n) is 10.9. The Morgan fingerprint density at radius 3 is 2.56 bits per heavy atom. The molecule has 2 nitrogen and oxygen atoms in total. The lowest BCUT2D eigenvalue weighted by Gasteiger charge is -2.13. The summed E-state index contributed by atoms with van der Waals surface area (Å²) in [5.41, 5.74) is 4.25. The van der Waals surface area contributed by atoms with Gasteiger partial charge in [0, 0.05) is 6.20 Å². The molecule has 2 rings (SSSR count). The number of aliphatic hydroxyl groups is 1. The highest BCUT2D eigenvalue weighted by Gasteiger charge is 2.12. The second kappa shape index (κ2) is 5.78. The number of pyridine rings is 1. The molecule has 1 heterocycles. The monoisotopic (exact) mass is 241 g/mol. The van der Waals surface area contributed by atoms with E-state index in [-0.39, 0.29) is 0 Å². The summed E-state index contributed by atoms with van der Waals surface area (Å²) < 4.78 is 0. The minimum absolute atomic E-state index is 0.481. The summed E-state index contributed by atoms with van der Waals surface area (Å²) in [6.45, 7) is 4.02. The maximum atomic E-state index is 10.2. The van der Waals surface area contributed by atoms with Crippen molar-refractivity contribution in [2.45, 2.75) is 32.8 Å². The summed E-state index contributed by atoms with van der Waals surface area (Å²) in [4.78, 5) is 4.34. The highest BCUT2D eigenvalue weighted by molar-refractivity contribution is 5.25. The number of aryl methyl sites for hydroxylation is 3. The minimum Gasteiger partial charge on any atom is -0.387 e. The Morgan fingerprint density at radius 1 is 1.17 bits per heavy atom. The van der Waals surface area contributed by atoms with Gasteiger partial charge in [-0.1, -0.05) is 36.4 Å². The van der Waals surface area contributed by atoms with Crippen molar-refractivity contribution in [3.05, 3.63) is 65.0 Å². The van der Waals surface area contributed by atoms with Crippen LogP contribution in [0.5, 0.6) is 0 Å². The number of aromatic nitrogens is 1. The number of hydrogen-bond donors (Lipinski definition) is 1. The SMILES string of the molecule is Cc1cnc(C(O)CCc2ccccc2)c(C)c1. The van der Waals surface area contributed by atoms with Crippen LogP contribution in [0.4, 0.5) is 0 Å². The van der Waals surface area contributed by atoms with Crippen LogP contribution in [-0.2, 0) is 6.42 Å². The predicted octanol–water partition coefficient (Wildman–Crippen LogP) is 3.36. The fraction of sp³-hybridized carbons (Fsp3) is 0.312. The van der Waals surface area contributed by atoms with Crippen molar-refractivity contribution >= 4 is 0 Å². The topological polar surface area (TPSA) is 33.1 Å². The van der Waals surface area contributed by atoms with Gasteiger partial charge in [-0.05, 0) is 43.4 Å². The molecule has 0 saturated carbocycles. The molecule has 94 valence electrons. The number of rotatable bonds is 4. The summed E-state index contributed by atoms with van der Waals surface area (Å²) >= 11 is 0. The molecule has 0 bridgehead atoms. The Bertz CT molecular complexity index is 508. The normalized spacial score (nSPS) is 12.4. The number of benzene rings is 1. The fourth-order valence-electron chi connectivity index (χ4n) is 2.16. The first-order valence-corrected chi connectivity index (χ1v) is 6.32. The van der Waals surface area contributed by atoms with Crippen LogP contribution in [-0.4, -0.2) is 10.1 Å². The lowest BCUT2D eigenvalue weighted by molar-refractivity contribution is 0.162. The van der Waals surface area contributed by atoms with Gasteiger partial charge in [-0.25, -0.2) is 0 Å². The van der Waals surface area contributed by atoms with Gasteiger partial charge in [-0.3, -0.25) is 4.98 Å². The molecule has 0 saturated heterocycles. The van der Waals surface area contributed by atoms with Crippen molar-refractivity contribution in [1.82, 2.24) is 4.98 Å². The van der Waals surface area contributed by atoms with Gasteiger partial charge in [0.2, 0.25) is 0 Å². The summed E-state index contributed by atoms with van der Waals surface area (Å²) in [6.07, 6.45) is 2.91. The van der Waals surface area contributed by atoms with Crippen molar-refractivity contribution in [3.8, 4) is 0 Å². The van der Waals surface area contributed by atoms with E-state index in [0.29, 0.717) is 6.42 Å². The van der Waals surface area contributed by atoms with Crippen LogP contribution in [0.3, 0.4) is 0 Å². The Balaban J connectivity index is 2.01. The van der Waals surface area contributed by atoms with E-state index in [1.54, 1.807) is 0 Å². The number of nitrogens with zero attached hydrogens (tertiary/aromatic N) is 1. The smallest absolute Gasteiger partial charge is 0.0965 e. The lowest BCUT2D eigenvalue weighted by Crippen LogP contribution is -2.05. The molecule has 1 aromatic carbocycles. The van der Waals surface area contributed by atoms with Crippen LogP contribution in [0, 0.1) is 13.8 Å². The molecule has 0 amide bonds. The molecule has 0 aliphatic heterocycles. The molecule has 0 aliphatic rings. The molecular formula is C16H19NO. The zero-order valence-corrected chi connectivity index (χ0v) is 10.9. The van der Waals surface area contributed by atoms with Crippen molar-refractivity contribution in [1.29, 1.82) is 0 Å². The Labute approximate surface area is 108 Å². The van der Waals surface area contributed by atoms with E-state index >= 15 is 0 Å². The van der Waals surface area contributed by atoms with Crippen LogP contribution in [0.15, 0.2) is 42.6 Å². The van der Waals surface area contributed by atoms with Gasteiger partial charge in [0.15, 0.2) is 0 Å². The maximum absolute atomic E-state index is 10.2. The third-order valence-corrected chi connectivity index (χ3v) is 3.12. The zero-order chi connectivity index (χ0) is 13.0. The molecule has 2 aromatic rings. The Morgan fingerprint density at radius 2 is 1.89 bits per heavy atom. The van der Waals surface area contributed by atoms with Crippen molar-refractivity contribution < 1.29 is 5.11 Å². The van der Waals surface area contributed by atoms with E-state index in [9.17, 15) is 5.11 Å². The first-order valence-electron chi connectivity index (χ1n) is 6.32. The van der Waals surface area contributed by atoms with E-state index in [1.165, 1.54) is 5.56 Å². The van der Waals surface area contributed by atoms with Gasteiger partial charge in [-0.2, -0.15) is 0 Å². The van der Waals surface area contributed by atoms with E-state index in [4.69, 9.17) is 0 Å². The highest BCUT2D eigenvalue weighted by Crippen LogP contribution is 2.20. The van der Waals surface area contributed by atoms with Gasteiger partial charge in [-0.15, -0.1) is 0 Å². The molecule has 1 unspecified atom stereocenters. The van der Waals surface area contributed by atoms with Crippen molar-refractivity contribution in [3.63, 3.8) is 0 Å². The predicted molar refractivity (Wildman–Crippen MR) is 73.4 cm³/mol. The third kappa shape index (κ3) is 3.17. The van der Waals surface area contributed by atoms with Gasteiger partial charge < -0.3 is 5.11 Å². The summed E-state index contributed by atoms with van der Waals surface area (Å²) in [5, 5.41) is 10.2. The third-order valence-electron chi connectivity index (χ3n) is 3.12. The van der Waals surface area contributed by atoms with Crippen LogP contribution in [0.1, 0.15) is 34.9 Å². The van der Waals surface area contributed by atoms with Gasteiger partial charge >= 0.3 is 0 Å². The Hall–Kier alpha value is -1.67. The molecule has 18 heavy (non-hydrogen) atoms. The molecule has 0 aliphatic carbocycles. The molecular weight excluding hydrogens is 222 g/mol. The van der Waals surface area contributed by atoms with Crippen LogP contribution in [0.25, 0.3) is 0 Å². The average Bonchev–Trinajstić information content (AvgIpc) is 2.37. The summed E-state index contributed by atoms with van der Waals surface area (Å²) in [5.74, 6) is 0. The highest BCUT2D eigenvalue weighted by atomic mass is 16.3. The summed E-state index contributed by atoms with van der Waals surface area (Å²) in [6, 6.07) is 12.3. The molecule has 0 fully saturated rings. The first kappa shape index (κ1) is 12.8. The molecule has 1 aromatic heterocycles. The minimum atomic E-state index is -0.481. The second-order valence-corrected chi connectivity index (χ2v) is 4.75. The Kier molecular flexibility index (Phi) is 4.11. The van der Waals surface area contributed by atoms with Gasteiger partial charge in [0.25, 0.3) is 0 Å². The number of aliphatic hydroxyl groups excluding tert-OH is 1. The maximum Gasteiger partial charge on any atom is 0.0965 e. The molecule has 1 N–H and O–H groups in total. The van der Waals surface area contributed by atoms with Crippen molar-refractivity contribution in [2.24, 2.45) is 0 Å². The summed E-state index contributed by atoms with van der Waals surface area (Å²) in [7, 11) is 0. The molecule has 0 spiro atoms. The number of hydrogen-bond acceptors (Lipinski definition) is 2.